The summed E-state index contributed by atoms with van der Waals surface area (Å²) in [5.41, 5.74) is 1.17. The lowest BCUT2D eigenvalue weighted by atomic mass is 10.1. The highest BCUT2D eigenvalue weighted by atomic mass is 19.4. The number of carbonyl (C=O) groups excluding carboxylic acids is 2. The summed E-state index contributed by atoms with van der Waals surface area (Å²) in [6.45, 7) is 1.98. The summed E-state index contributed by atoms with van der Waals surface area (Å²) >= 11 is 0. The van der Waals surface area contributed by atoms with Crippen LogP contribution >= 0.6 is 0 Å². The molecule has 30 heavy (non-hydrogen) atoms. The third-order valence-electron chi connectivity index (χ3n) is 4.47. The highest BCUT2D eigenvalue weighted by Crippen LogP contribution is 2.32. The van der Waals surface area contributed by atoms with Gasteiger partial charge in [-0.1, -0.05) is 25.5 Å². The summed E-state index contributed by atoms with van der Waals surface area (Å²) in [6.07, 6.45) is -1.17. The van der Waals surface area contributed by atoms with E-state index in [9.17, 15) is 22.8 Å². The molecule has 0 aliphatic heterocycles. The first-order valence-electron chi connectivity index (χ1n) is 9.72. The number of nitrogens with one attached hydrogen (secondary N) is 2. The molecule has 160 valence electrons. The standard InChI is InChI=1S/C21H22F3N3O3/c1-2-3-4-19(28)26-17-11-15(12-18(25-17)27-20(29)14-5-6-14)13-7-9-16(10-8-13)30-21(22,23)24/h7-12,14H,2-6H2,1H3,(H2,25,26,27,28,29). The van der Waals surface area contributed by atoms with Crippen LogP contribution in [0.4, 0.5) is 24.8 Å². The predicted octanol–water partition coefficient (Wildman–Crippen LogP) is 5.12. The van der Waals surface area contributed by atoms with Crippen molar-refractivity contribution in [3.63, 3.8) is 0 Å². The Labute approximate surface area is 171 Å². The zero-order valence-corrected chi connectivity index (χ0v) is 16.4. The van der Waals surface area contributed by atoms with Gasteiger partial charge in [0.15, 0.2) is 0 Å². The molecule has 1 aliphatic rings. The molecule has 6 nitrogen and oxygen atoms in total. The number of unbranched alkanes of at least 4 members (excludes halogenated alkanes) is 1. The Balaban J connectivity index is 1.84. The smallest absolute Gasteiger partial charge is 0.406 e. The molecule has 0 atom stereocenters. The fourth-order valence-corrected chi connectivity index (χ4v) is 2.79. The van der Waals surface area contributed by atoms with Crippen LogP contribution in [-0.4, -0.2) is 23.2 Å². The number of alkyl halides is 3. The lowest BCUT2D eigenvalue weighted by Crippen LogP contribution is -2.17. The summed E-state index contributed by atoms with van der Waals surface area (Å²) in [5.74, 6) is -0.180. The molecule has 1 aromatic heterocycles. The lowest BCUT2D eigenvalue weighted by molar-refractivity contribution is -0.274. The van der Waals surface area contributed by atoms with E-state index in [0.29, 0.717) is 17.5 Å². The number of ether oxygens (including phenoxy) is 1. The van der Waals surface area contributed by atoms with E-state index in [-0.39, 0.29) is 35.1 Å². The minimum absolute atomic E-state index is 0.0307. The van der Waals surface area contributed by atoms with Crippen LogP contribution in [0.5, 0.6) is 5.75 Å². The van der Waals surface area contributed by atoms with E-state index >= 15 is 0 Å². The van der Waals surface area contributed by atoms with Gasteiger partial charge in [-0.25, -0.2) is 4.98 Å². The summed E-state index contributed by atoms with van der Waals surface area (Å²) < 4.78 is 41.0. The minimum atomic E-state index is -4.77. The molecule has 2 amide bonds. The van der Waals surface area contributed by atoms with E-state index in [1.54, 1.807) is 12.1 Å². The number of anilines is 2. The van der Waals surface area contributed by atoms with Gasteiger partial charge in [0.2, 0.25) is 11.8 Å². The van der Waals surface area contributed by atoms with Gasteiger partial charge in [0.1, 0.15) is 17.4 Å². The number of hydrogen-bond acceptors (Lipinski definition) is 4. The molecule has 0 saturated heterocycles. The van der Waals surface area contributed by atoms with E-state index in [2.05, 4.69) is 20.4 Å². The second-order valence-corrected chi connectivity index (χ2v) is 7.11. The first-order valence-corrected chi connectivity index (χ1v) is 9.72. The van der Waals surface area contributed by atoms with Gasteiger partial charge in [0.25, 0.3) is 0 Å². The quantitative estimate of drug-likeness (QED) is 0.620. The van der Waals surface area contributed by atoms with E-state index in [1.165, 1.54) is 24.3 Å². The topological polar surface area (TPSA) is 80.3 Å². The molecule has 1 aliphatic carbocycles. The largest absolute Gasteiger partial charge is 0.573 e. The number of rotatable bonds is 8. The second-order valence-electron chi connectivity index (χ2n) is 7.11. The summed E-state index contributed by atoms with van der Waals surface area (Å²) in [7, 11) is 0. The monoisotopic (exact) mass is 421 g/mol. The molecule has 2 N–H and O–H groups in total. The van der Waals surface area contributed by atoms with E-state index in [0.717, 1.165) is 25.7 Å². The van der Waals surface area contributed by atoms with Gasteiger partial charge < -0.3 is 15.4 Å². The van der Waals surface area contributed by atoms with Crippen LogP contribution in [0.2, 0.25) is 0 Å². The summed E-state index contributed by atoms with van der Waals surface area (Å²) in [6, 6.07) is 8.55. The van der Waals surface area contributed by atoms with Crippen molar-refractivity contribution in [3.8, 4) is 16.9 Å². The van der Waals surface area contributed by atoms with Gasteiger partial charge >= 0.3 is 6.36 Å². The third kappa shape index (κ3) is 6.47. The first-order chi connectivity index (χ1) is 14.2. The van der Waals surface area contributed by atoms with Crippen molar-refractivity contribution in [3.05, 3.63) is 36.4 Å². The Morgan fingerprint density at radius 2 is 1.70 bits per heavy atom. The molecule has 1 heterocycles. The Kier molecular flexibility index (Phi) is 6.59. The van der Waals surface area contributed by atoms with Crippen LogP contribution in [0.15, 0.2) is 36.4 Å². The number of benzene rings is 1. The normalized spacial score (nSPS) is 13.6. The summed E-state index contributed by atoms with van der Waals surface area (Å²) in [5, 5.41) is 5.45. The third-order valence-corrected chi connectivity index (χ3v) is 4.47. The molecule has 2 aromatic rings. The SMILES string of the molecule is CCCCC(=O)Nc1cc(-c2ccc(OC(F)(F)F)cc2)cc(NC(=O)C2CC2)n1. The Morgan fingerprint density at radius 1 is 1.07 bits per heavy atom. The molecule has 3 rings (SSSR count). The molecule has 9 heteroatoms. The van der Waals surface area contributed by atoms with Gasteiger partial charge in [-0.2, -0.15) is 0 Å². The molecule has 0 unspecified atom stereocenters. The lowest BCUT2D eigenvalue weighted by Gasteiger charge is -2.12. The molecular weight excluding hydrogens is 399 g/mol. The number of nitrogens with zero attached hydrogens (tertiary/aromatic N) is 1. The zero-order chi connectivity index (χ0) is 21.7. The fourth-order valence-electron chi connectivity index (χ4n) is 2.79. The van der Waals surface area contributed by atoms with Crippen molar-refractivity contribution in [1.29, 1.82) is 0 Å². The Morgan fingerprint density at radius 3 is 2.27 bits per heavy atom. The van der Waals surface area contributed by atoms with Crippen LogP contribution in [0.25, 0.3) is 11.1 Å². The van der Waals surface area contributed by atoms with E-state index < -0.39 is 6.36 Å². The van der Waals surface area contributed by atoms with E-state index in [1.807, 2.05) is 6.92 Å². The molecule has 0 bridgehead atoms. The highest BCUT2D eigenvalue weighted by Gasteiger charge is 2.31. The molecule has 0 spiro atoms. The molecule has 1 fully saturated rings. The van der Waals surface area contributed by atoms with Gasteiger partial charge in [-0.05, 0) is 54.7 Å². The van der Waals surface area contributed by atoms with Crippen molar-refractivity contribution in [2.45, 2.75) is 45.4 Å². The maximum atomic E-state index is 12.4. The van der Waals surface area contributed by atoms with Gasteiger partial charge in [0.05, 0.1) is 0 Å². The highest BCUT2D eigenvalue weighted by molar-refractivity contribution is 5.95. The van der Waals surface area contributed by atoms with Crippen LogP contribution in [0.1, 0.15) is 39.0 Å². The average Bonchev–Trinajstić information content (AvgIpc) is 3.51. The van der Waals surface area contributed by atoms with Crippen molar-refractivity contribution in [2.75, 3.05) is 10.6 Å². The second kappa shape index (κ2) is 9.15. The Hall–Kier alpha value is -3.10. The Bertz CT molecular complexity index is 910. The number of amides is 2. The molecule has 1 aromatic carbocycles. The first kappa shape index (κ1) is 21.6. The van der Waals surface area contributed by atoms with Crippen LogP contribution in [-0.2, 0) is 9.59 Å². The summed E-state index contributed by atoms with van der Waals surface area (Å²) in [4.78, 5) is 28.5. The number of hydrogen-bond donors (Lipinski definition) is 2. The number of pyridine rings is 1. The minimum Gasteiger partial charge on any atom is -0.406 e. The zero-order valence-electron chi connectivity index (χ0n) is 16.4. The molecule has 0 radical (unpaired) electrons. The fraction of sp³-hybridized carbons (Fsp3) is 0.381. The van der Waals surface area contributed by atoms with Gasteiger partial charge in [-0.15, -0.1) is 13.2 Å². The predicted molar refractivity (Wildman–Crippen MR) is 106 cm³/mol. The van der Waals surface area contributed by atoms with Gasteiger partial charge in [0, 0.05) is 12.3 Å². The van der Waals surface area contributed by atoms with Crippen molar-refractivity contribution >= 4 is 23.5 Å². The molecular formula is C21H22F3N3O3. The van der Waals surface area contributed by atoms with Crippen LogP contribution in [0.3, 0.4) is 0 Å². The average molecular weight is 421 g/mol. The van der Waals surface area contributed by atoms with Crippen molar-refractivity contribution < 1.29 is 27.5 Å². The van der Waals surface area contributed by atoms with Gasteiger partial charge in [-0.3, -0.25) is 9.59 Å². The number of halogens is 3. The van der Waals surface area contributed by atoms with Crippen LogP contribution in [0, 0.1) is 5.92 Å². The number of carbonyl (C=O) groups is 2. The number of aromatic nitrogens is 1. The van der Waals surface area contributed by atoms with E-state index in [4.69, 9.17) is 0 Å². The maximum Gasteiger partial charge on any atom is 0.573 e. The van der Waals surface area contributed by atoms with Crippen molar-refractivity contribution in [2.24, 2.45) is 5.92 Å². The van der Waals surface area contributed by atoms with Crippen LogP contribution < -0.4 is 15.4 Å². The maximum absolute atomic E-state index is 12.4. The molecule has 1 saturated carbocycles. The van der Waals surface area contributed by atoms with Crippen molar-refractivity contribution in [1.82, 2.24) is 4.98 Å².